The summed E-state index contributed by atoms with van der Waals surface area (Å²) in [4.78, 5) is 0. The van der Waals surface area contributed by atoms with E-state index in [0.717, 1.165) is 25.9 Å². The summed E-state index contributed by atoms with van der Waals surface area (Å²) in [6, 6.07) is 0. The molecule has 1 aromatic heterocycles. The fourth-order valence-electron chi connectivity index (χ4n) is 2.52. The van der Waals surface area contributed by atoms with E-state index in [2.05, 4.69) is 30.8 Å². The van der Waals surface area contributed by atoms with Gasteiger partial charge in [0.15, 0.2) is 0 Å². The van der Waals surface area contributed by atoms with Crippen LogP contribution in [0.2, 0.25) is 0 Å². The van der Waals surface area contributed by atoms with Crippen molar-refractivity contribution in [3.8, 4) is 0 Å². The zero-order valence-corrected chi connectivity index (χ0v) is 12.6. The van der Waals surface area contributed by atoms with E-state index in [1.807, 2.05) is 7.05 Å². The molecule has 1 rings (SSSR count). The second-order valence-electron chi connectivity index (χ2n) is 4.89. The molecule has 0 saturated heterocycles. The maximum atomic E-state index is 4.79. The minimum atomic E-state index is 0.946. The van der Waals surface area contributed by atoms with Crippen LogP contribution in [0.4, 0.5) is 0 Å². The first-order valence-electron chi connectivity index (χ1n) is 7.50. The van der Waals surface area contributed by atoms with Gasteiger partial charge in [-0.2, -0.15) is 5.10 Å². The molecule has 0 atom stereocenters. The third-order valence-electron chi connectivity index (χ3n) is 3.50. The van der Waals surface area contributed by atoms with Crippen LogP contribution in [0.3, 0.4) is 0 Å². The van der Waals surface area contributed by atoms with Crippen molar-refractivity contribution in [2.45, 2.75) is 72.4 Å². The first-order valence-corrected chi connectivity index (χ1v) is 7.50. The number of hydrogen-bond donors (Lipinski definition) is 1. The van der Waals surface area contributed by atoms with Gasteiger partial charge >= 0.3 is 0 Å². The number of aryl methyl sites for hydroxylation is 2. The molecule has 0 aliphatic heterocycles. The molecule has 0 fully saturated rings. The summed E-state index contributed by atoms with van der Waals surface area (Å²) in [5.74, 6) is 0. The molecule has 0 radical (unpaired) electrons. The lowest BCUT2D eigenvalue weighted by Crippen LogP contribution is -2.10. The first-order chi connectivity index (χ1) is 8.78. The number of hydrogen-bond acceptors (Lipinski definition) is 2. The molecule has 1 N–H and O–H groups in total. The predicted octanol–water partition coefficient (Wildman–Crippen LogP) is 3.31. The standard InChI is InChI=1S/C15H29N3/c1-5-8-9-10-11-18-15(7-3)13(12-16-4)14(6-2)17-18/h16H,5-12H2,1-4H3. The van der Waals surface area contributed by atoms with Crippen LogP contribution in [-0.2, 0) is 25.9 Å². The summed E-state index contributed by atoms with van der Waals surface area (Å²) >= 11 is 0. The van der Waals surface area contributed by atoms with E-state index in [1.165, 1.54) is 42.6 Å². The lowest BCUT2D eigenvalue weighted by atomic mass is 10.1. The van der Waals surface area contributed by atoms with E-state index < -0.39 is 0 Å². The molecule has 0 aliphatic rings. The highest BCUT2D eigenvalue weighted by Crippen LogP contribution is 2.17. The van der Waals surface area contributed by atoms with Crippen LogP contribution >= 0.6 is 0 Å². The molecule has 0 unspecified atom stereocenters. The van der Waals surface area contributed by atoms with Crippen LogP contribution in [0.1, 0.15) is 63.4 Å². The highest BCUT2D eigenvalue weighted by molar-refractivity contribution is 5.26. The second-order valence-corrected chi connectivity index (χ2v) is 4.89. The van der Waals surface area contributed by atoms with Gasteiger partial charge in [0.25, 0.3) is 0 Å². The van der Waals surface area contributed by atoms with E-state index in [4.69, 9.17) is 5.10 Å². The highest BCUT2D eigenvalue weighted by Gasteiger charge is 2.14. The largest absolute Gasteiger partial charge is 0.316 e. The zero-order chi connectivity index (χ0) is 13.4. The molecular formula is C15H29N3. The summed E-state index contributed by atoms with van der Waals surface area (Å²) < 4.78 is 2.25. The molecule has 3 heteroatoms. The van der Waals surface area contributed by atoms with Crippen LogP contribution in [0.5, 0.6) is 0 Å². The van der Waals surface area contributed by atoms with Crippen molar-refractivity contribution in [2.75, 3.05) is 7.05 Å². The smallest absolute Gasteiger partial charge is 0.0669 e. The van der Waals surface area contributed by atoms with Crippen molar-refractivity contribution in [3.05, 3.63) is 17.0 Å². The molecule has 1 heterocycles. The van der Waals surface area contributed by atoms with Crippen LogP contribution in [0.25, 0.3) is 0 Å². The summed E-state index contributed by atoms with van der Waals surface area (Å²) in [6.45, 7) is 8.72. The maximum Gasteiger partial charge on any atom is 0.0669 e. The Morgan fingerprint density at radius 3 is 2.39 bits per heavy atom. The number of aromatic nitrogens is 2. The van der Waals surface area contributed by atoms with Gasteiger partial charge in [0.05, 0.1) is 5.69 Å². The van der Waals surface area contributed by atoms with Crippen LogP contribution in [0.15, 0.2) is 0 Å². The quantitative estimate of drug-likeness (QED) is 0.682. The van der Waals surface area contributed by atoms with Gasteiger partial charge in [0.1, 0.15) is 0 Å². The van der Waals surface area contributed by atoms with Gasteiger partial charge in [-0.25, -0.2) is 0 Å². The van der Waals surface area contributed by atoms with E-state index >= 15 is 0 Å². The average Bonchev–Trinajstić information content (AvgIpc) is 2.72. The van der Waals surface area contributed by atoms with Crippen molar-refractivity contribution in [3.63, 3.8) is 0 Å². The highest BCUT2D eigenvalue weighted by atomic mass is 15.3. The van der Waals surface area contributed by atoms with E-state index in [-0.39, 0.29) is 0 Å². The van der Waals surface area contributed by atoms with Crippen LogP contribution in [0, 0.1) is 0 Å². The predicted molar refractivity (Wildman–Crippen MR) is 77.9 cm³/mol. The van der Waals surface area contributed by atoms with Crippen molar-refractivity contribution < 1.29 is 0 Å². The van der Waals surface area contributed by atoms with Gasteiger partial charge in [0.2, 0.25) is 0 Å². The van der Waals surface area contributed by atoms with E-state index in [0.29, 0.717) is 0 Å². The zero-order valence-electron chi connectivity index (χ0n) is 12.6. The summed E-state index contributed by atoms with van der Waals surface area (Å²) in [5, 5.41) is 8.06. The van der Waals surface area contributed by atoms with Gasteiger partial charge in [-0.15, -0.1) is 0 Å². The molecular weight excluding hydrogens is 222 g/mol. The Balaban J connectivity index is 2.76. The minimum Gasteiger partial charge on any atom is -0.316 e. The molecule has 0 saturated carbocycles. The van der Waals surface area contributed by atoms with Crippen molar-refractivity contribution in [1.29, 1.82) is 0 Å². The Morgan fingerprint density at radius 1 is 1.06 bits per heavy atom. The third-order valence-corrected chi connectivity index (χ3v) is 3.50. The normalized spacial score (nSPS) is 11.1. The monoisotopic (exact) mass is 251 g/mol. The lowest BCUT2D eigenvalue weighted by molar-refractivity contribution is 0.521. The third kappa shape index (κ3) is 3.84. The molecule has 1 aromatic rings. The Hall–Kier alpha value is -0.830. The molecule has 0 aliphatic carbocycles. The van der Waals surface area contributed by atoms with Gasteiger partial charge in [-0.05, 0) is 26.3 Å². The second kappa shape index (κ2) is 8.30. The Kier molecular flexibility index (Phi) is 7.02. The van der Waals surface area contributed by atoms with Gasteiger partial charge in [-0.1, -0.05) is 40.0 Å². The van der Waals surface area contributed by atoms with Gasteiger partial charge < -0.3 is 5.32 Å². The molecule has 104 valence electrons. The molecule has 0 bridgehead atoms. The minimum absolute atomic E-state index is 0.946. The topological polar surface area (TPSA) is 29.9 Å². The van der Waals surface area contributed by atoms with Crippen LogP contribution < -0.4 is 5.32 Å². The first kappa shape index (κ1) is 15.2. The number of nitrogens with zero attached hydrogens (tertiary/aromatic N) is 2. The number of nitrogens with one attached hydrogen (secondary N) is 1. The molecule has 0 aromatic carbocycles. The van der Waals surface area contributed by atoms with Crippen molar-refractivity contribution >= 4 is 0 Å². The molecule has 0 spiro atoms. The SMILES string of the molecule is CCCCCCn1nc(CC)c(CNC)c1CC. The van der Waals surface area contributed by atoms with Gasteiger partial charge in [-0.3, -0.25) is 4.68 Å². The van der Waals surface area contributed by atoms with Crippen LogP contribution in [-0.4, -0.2) is 16.8 Å². The summed E-state index contributed by atoms with van der Waals surface area (Å²) in [5.41, 5.74) is 4.13. The van der Waals surface area contributed by atoms with E-state index in [1.54, 1.807) is 0 Å². The average molecular weight is 251 g/mol. The molecule has 18 heavy (non-hydrogen) atoms. The fourth-order valence-corrected chi connectivity index (χ4v) is 2.52. The summed E-state index contributed by atoms with van der Waals surface area (Å²) in [7, 11) is 2.01. The Bertz CT molecular complexity index is 342. The number of rotatable bonds is 9. The summed E-state index contributed by atoms with van der Waals surface area (Å²) in [6.07, 6.45) is 7.33. The van der Waals surface area contributed by atoms with Crippen molar-refractivity contribution in [1.82, 2.24) is 15.1 Å². The molecule has 0 amide bonds. The van der Waals surface area contributed by atoms with E-state index in [9.17, 15) is 0 Å². The lowest BCUT2D eigenvalue weighted by Gasteiger charge is -2.07. The van der Waals surface area contributed by atoms with Crippen molar-refractivity contribution in [2.24, 2.45) is 0 Å². The molecule has 3 nitrogen and oxygen atoms in total. The Labute approximate surface area is 112 Å². The fraction of sp³-hybridized carbons (Fsp3) is 0.800. The number of unbranched alkanes of at least 4 members (excludes halogenated alkanes) is 3. The maximum absolute atomic E-state index is 4.79. The Morgan fingerprint density at radius 2 is 1.83 bits per heavy atom. The van der Waals surface area contributed by atoms with Gasteiger partial charge in [0, 0.05) is 24.3 Å².